The summed E-state index contributed by atoms with van der Waals surface area (Å²) in [6, 6.07) is 9.55. The molecule has 6 heteroatoms. The summed E-state index contributed by atoms with van der Waals surface area (Å²) in [7, 11) is 1.83. The molecule has 5 nitrogen and oxygen atoms in total. The maximum atomic E-state index is 12.0. The first-order valence-electron chi connectivity index (χ1n) is 6.88. The van der Waals surface area contributed by atoms with E-state index in [0.717, 1.165) is 16.1 Å². The van der Waals surface area contributed by atoms with Crippen molar-refractivity contribution in [1.82, 2.24) is 14.8 Å². The lowest BCUT2D eigenvalue weighted by Crippen LogP contribution is -2.02. The Morgan fingerprint density at radius 3 is 2.87 bits per heavy atom. The van der Waals surface area contributed by atoms with E-state index in [9.17, 15) is 4.79 Å². The molecule has 0 bridgehead atoms. The molecule has 2 heterocycles. The van der Waals surface area contributed by atoms with Crippen molar-refractivity contribution in [2.75, 3.05) is 6.61 Å². The van der Waals surface area contributed by atoms with Crippen LogP contribution in [0, 0.1) is 11.8 Å². The molecule has 2 aromatic heterocycles. The number of hydrogen-bond donors (Lipinski definition) is 0. The molecule has 3 rings (SSSR count). The monoisotopic (exact) mass is 323 g/mol. The highest BCUT2D eigenvalue weighted by Crippen LogP contribution is 2.24. The predicted molar refractivity (Wildman–Crippen MR) is 87.9 cm³/mol. The lowest BCUT2D eigenvalue weighted by atomic mass is 10.2. The summed E-state index contributed by atoms with van der Waals surface area (Å²) in [5, 5.41) is 4.82. The highest BCUT2D eigenvalue weighted by atomic mass is 32.1. The van der Waals surface area contributed by atoms with Crippen LogP contribution >= 0.6 is 11.3 Å². The zero-order valence-corrected chi connectivity index (χ0v) is 13.2. The Labute approximate surface area is 137 Å². The number of nitrogens with zero attached hydrogens (tertiary/aromatic N) is 3. The molecule has 3 aromatic rings. The molecule has 0 saturated carbocycles. The minimum absolute atomic E-state index is 0.0495. The van der Waals surface area contributed by atoms with Crippen LogP contribution < -0.4 is 0 Å². The van der Waals surface area contributed by atoms with Crippen molar-refractivity contribution in [3.8, 4) is 22.4 Å². The average Bonchev–Trinajstić information content (AvgIpc) is 3.21. The minimum Gasteiger partial charge on any atom is -0.448 e. The Bertz CT molecular complexity index is 872. The minimum atomic E-state index is -0.417. The normalized spacial score (nSPS) is 9.96. The van der Waals surface area contributed by atoms with Gasteiger partial charge in [0.25, 0.3) is 0 Å². The number of thiazole rings is 1. The molecule has 23 heavy (non-hydrogen) atoms. The zero-order chi connectivity index (χ0) is 16.1. The van der Waals surface area contributed by atoms with Crippen molar-refractivity contribution in [3.05, 3.63) is 59.4 Å². The van der Waals surface area contributed by atoms with E-state index >= 15 is 0 Å². The molecule has 0 spiro atoms. The topological polar surface area (TPSA) is 57.0 Å². The quantitative estimate of drug-likeness (QED) is 0.549. The number of hydrogen-bond acceptors (Lipinski definition) is 5. The highest BCUT2D eigenvalue weighted by Gasteiger charge is 2.13. The number of carbonyl (C=O) groups excluding carboxylic acids is 1. The van der Waals surface area contributed by atoms with Gasteiger partial charge in [-0.15, -0.1) is 11.3 Å². The van der Waals surface area contributed by atoms with Gasteiger partial charge in [0.1, 0.15) is 9.88 Å². The molecule has 0 aliphatic carbocycles. The van der Waals surface area contributed by atoms with Gasteiger partial charge in [0.2, 0.25) is 0 Å². The summed E-state index contributed by atoms with van der Waals surface area (Å²) in [5.74, 6) is 5.34. The number of benzene rings is 1. The first-order valence-corrected chi connectivity index (χ1v) is 7.70. The van der Waals surface area contributed by atoms with E-state index in [-0.39, 0.29) is 6.61 Å². The molecule has 1 aromatic carbocycles. The van der Waals surface area contributed by atoms with Gasteiger partial charge in [0.15, 0.2) is 6.61 Å². The zero-order valence-electron chi connectivity index (χ0n) is 12.4. The van der Waals surface area contributed by atoms with Gasteiger partial charge in [0, 0.05) is 24.4 Å². The largest absolute Gasteiger partial charge is 0.448 e. The average molecular weight is 323 g/mol. The van der Waals surface area contributed by atoms with Gasteiger partial charge in [-0.05, 0) is 12.1 Å². The van der Waals surface area contributed by atoms with Crippen LogP contribution in [0.1, 0.15) is 15.2 Å². The van der Waals surface area contributed by atoms with Crippen LogP contribution in [0.3, 0.4) is 0 Å². The molecule has 0 fully saturated rings. The Balaban J connectivity index is 1.59. The van der Waals surface area contributed by atoms with Crippen molar-refractivity contribution in [1.29, 1.82) is 0 Å². The predicted octanol–water partition coefficient (Wildman–Crippen LogP) is 2.75. The fraction of sp³-hybridized carbons (Fsp3) is 0.118. The molecular formula is C17H13N3O2S. The molecule has 0 saturated heterocycles. The summed E-state index contributed by atoms with van der Waals surface area (Å²) in [4.78, 5) is 16.6. The van der Waals surface area contributed by atoms with Gasteiger partial charge in [0.05, 0.1) is 12.4 Å². The first kappa shape index (κ1) is 15.0. The van der Waals surface area contributed by atoms with E-state index in [1.807, 2.05) is 43.6 Å². The van der Waals surface area contributed by atoms with Crippen molar-refractivity contribution >= 4 is 17.3 Å². The number of aromatic nitrogens is 3. The van der Waals surface area contributed by atoms with E-state index in [0.29, 0.717) is 4.88 Å². The first-order chi connectivity index (χ1) is 11.2. The Hall–Kier alpha value is -2.91. The Morgan fingerprint density at radius 1 is 1.30 bits per heavy atom. The Kier molecular flexibility index (Phi) is 4.50. The molecule has 0 radical (unpaired) electrons. The van der Waals surface area contributed by atoms with Crippen LogP contribution in [0.25, 0.3) is 10.6 Å². The van der Waals surface area contributed by atoms with Gasteiger partial charge in [-0.25, -0.2) is 9.78 Å². The van der Waals surface area contributed by atoms with Gasteiger partial charge in [-0.2, -0.15) is 5.10 Å². The van der Waals surface area contributed by atoms with Crippen LogP contribution in [0.2, 0.25) is 0 Å². The van der Waals surface area contributed by atoms with E-state index in [1.54, 1.807) is 10.9 Å². The third kappa shape index (κ3) is 3.84. The molecule has 0 aliphatic heterocycles. The number of rotatable bonds is 3. The van der Waals surface area contributed by atoms with E-state index < -0.39 is 5.97 Å². The second-order valence-electron chi connectivity index (χ2n) is 4.68. The van der Waals surface area contributed by atoms with Crippen LogP contribution in [-0.2, 0) is 11.8 Å². The molecule has 0 atom stereocenters. The summed E-state index contributed by atoms with van der Waals surface area (Å²) < 4.78 is 6.83. The van der Waals surface area contributed by atoms with E-state index in [1.165, 1.54) is 17.5 Å². The van der Waals surface area contributed by atoms with Crippen molar-refractivity contribution in [2.24, 2.45) is 7.05 Å². The van der Waals surface area contributed by atoms with Crippen LogP contribution in [0.5, 0.6) is 0 Å². The lowest BCUT2D eigenvalue weighted by Gasteiger charge is -1.96. The molecule has 114 valence electrons. The third-order valence-electron chi connectivity index (χ3n) is 2.94. The van der Waals surface area contributed by atoms with Crippen molar-refractivity contribution in [3.63, 3.8) is 0 Å². The van der Waals surface area contributed by atoms with Gasteiger partial charge in [-0.3, -0.25) is 4.68 Å². The fourth-order valence-corrected chi connectivity index (χ4v) is 2.65. The summed E-state index contributed by atoms with van der Waals surface area (Å²) in [6.07, 6.45) is 5.07. The Morgan fingerprint density at radius 2 is 2.13 bits per heavy atom. The summed E-state index contributed by atoms with van der Waals surface area (Å²) >= 11 is 1.27. The highest BCUT2D eigenvalue weighted by molar-refractivity contribution is 7.16. The van der Waals surface area contributed by atoms with Crippen LogP contribution in [0.4, 0.5) is 0 Å². The molecule has 0 aliphatic rings. The lowest BCUT2D eigenvalue weighted by molar-refractivity contribution is 0.0562. The molecule has 0 unspecified atom stereocenters. The number of ether oxygens (including phenoxy) is 1. The van der Waals surface area contributed by atoms with E-state index in [2.05, 4.69) is 21.9 Å². The van der Waals surface area contributed by atoms with E-state index in [4.69, 9.17) is 4.74 Å². The van der Waals surface area contributed by atoms with Gasteiger partial charge >= 0.3 is 5.97 Å². The number of carbonyl (C=O) groups is 1. The second-order valence-corrected chi connectivity index (χ2v) is 5.71. The van der Waals surface area contributed by atoms with Crippen molar-refractivity contribution < 1.29 is 9.53 Å². The standard InChI is InChI=1S/C17H13N3O2S/c1-20-12-14(10-19-20)16-18-11-15(23-16)17(21)22-9-5-8-13-6-3-2-4-7-13/h2-4,6-7,10-12H,9H2,1H3. The summed E-state index contributed by atoms with van der Waals surface area (Å²) in [5.41, 5.74) is 1.76. The van der Waals surface area contributed by atoms with Gasteiger partial charge in [-0.1, -0.05) is 30.0 Å². The fourth-order valence-electron chi connectivity index (χ4n) is 1.87. The SMILES string of the molecule is Cn1cc(-c2ncc(C(=O)OCC#Cc3ccccc3)s2)cn1. The maximum absolute atomic E-state index is 12.0. The summed E-state index contributed by atoms with van der Waals surface area (Å²) in [6.45, 7) is 0.0495. The van der Waals surface area contributed by atoms with Crippen molar-refractivity contribution in [2.45, 2.75) is 0 Å². The van der Waals surface area contributed by atoms with Gasteiger partial charge < -0.3 is 4.74 Å². The second kappa shape index (κ2) is 6.90. The molecular weight excluding hydrogens is 310 g/mol. The van der Waals surface area contributed by atoms with Crippen LogP contribution in [0.15, 0.2) is 48.9 Å². The number of aryl methyl sites for hydroxylation is 1. The number of esters is 1. The molecule has 0 amide bonds. The smallest absolute Gasteiger partial charge is 0.350 e. The van der Waals surface area contributed by atoms with Crippen LogP contribution in [-0.4, -0.2) is 27.3 Å². The maximum Gasteiger partial charge on any atom is 0.350 e. The molecule has 0 N–H and O–H groups in total. The third-order valence-corrected chi connectivity index (χ3v) is 3.97.